The lowest BCUT2D eigenvalue weighted by molar-refractivity contribution is 0.0270. The van der Waals surface area contributed by atoms with Crippen LogP contribution in [-0.2, 0) is 10.2 Å². The molecule has 1 saturated heterocycles. The zero-order valence-corrected chi connectivity index (χ0v) is 14.3. The second-order valence-corrected chi connectivity index (χ2v) is 8.17. The second-order valence-electron chi connectivity index (χ2n) is 6.92. The van der Waals surface area contributed by atoms with Crippen LogP contribution in [0.25, 0.3) is 0 Å². The highest BCUT2D eigenvalue weighted by molar-refractivity contribution is 14.1. The number of ether oxygens (including phenoxy) is 1. The minimum absolute atomic E-state index is 0.172. The fourth-order valence-electron chi connectivity index (χ4n) is 3.18. The van der Waals surface area contributed by atoms with Crippen LogP contribution in [-0.4, -0.2) is 29.7 Å². The summed E-state index contributed by atoms with van der Waals surface area (Å²) in [5.74, 6) is 0.607. The summed E-state index contributed by atoms with van der Waals surface area (Å²) >= 11 is 2.32. The van der Waals surface area contributed by atoms with Crippen LogP contribution in [0.15, 0.2) is 24.3 Å². The molecular weight excluding hydrogens is 365 g/mol. The van der Waals surface area contributed by atoms with E-state index < -0.39 is 5.60 Å². The van der Waals surface area contributed by atoms with E-state index in [9.17, 15) is 4.79 Å². The molecule has 4 heteroatoms. The number of hydrogen-bond donors (Lipinski definition) is 0. The molecule has 20 heavy (non-hydrogen) atoms. The van der Waals surface area contributed by atoms with E-state index in [-0.39, 0.29) is 11.5 Å². The lowest BCUT2D eigenvalue weighted by atomic mass is 9.95. The van der Waals surface area contributed by atoms with E-state index >= 15 is 0 Å². The van der Waals surface area contributed by atoms with Gasteiger partial charge in [0.15, 0.2) is 0 Å². The van der Waals surface area contributed by atoms with Crippen molar-refractivity contribution in [1.82, 2.24) is 4.90 Å². The van der Waals surface area contributed by atoms with Gasteiger partial charge in [-0.25, -0.2) is 4.79 Å². The predicted octanol–water partition coefficient (Wildman–Crippen LogP) is 3.80. The van der Waals surface area contributed by atoms with Crippen molar-refractivity contribution in [3.63, 3.8) is 0 Å². The minimum Gasteiger partial charge on any atom is -0.444 e. The Morgan fingerprint density at radius 3 is 2.60 bits per heavy atom. The molecule has 0 aromatic heterocycles. The first kappa shape index (κ1) is 14.2. The normalized spacial score (nSPS) is 28.2. The highest BCUT2D eigenvalue weighted by atomic mass is 127. The second kappa shape index (κ2) is 4.61. The third-order valence-electron chi connectivity index (χ3n) is 4.22. The summed E-state index contributed by atoms with van der Waals surface area (Å²) in [6, 6.07) is 8.72. The molecule has 1 aromatic rings. The molecule has 1 amide bonds. The number of benzene rings is 1. The molecule has 2 fully saturated rings. The van der Waals surface area contributed by atoms with Crippen molar-refractivity contribution in [3.8, 4) is 0 Å². The van der Waals surface area contributed by atoms with Gasteiger partial charge in [0.25, 0.3) is 0 Å². The van der Waals surface area contributed by atoms with E-state index in [1.807, 2.05) is 25.7 Å². The summed E-state index contributed by atoms with van der Waals surface area (Å²) in [6.07, 6.45) is 1.03. The Morgan fingerprint density at radius 1 is 1.35 bits per heavy atom. The number of piperidine rings is 1. The fourth-order valence-corrected chi connectivity index (χ4v) is 3.54. The number of rotatable bonds is 1. The van der Waals surface area contributed by atoms with Gasteiger partial charge >= 0.3 is 6.09 Å². The van der Waals surface area contributed by atoms with Crippen molar-refractivity contribution in [2.75, 3.05) is 13.1 Å². The highest BCUT2D eigenvalue weighted by Crippen LogP contribution is 2.59. The number of amides is 1. The topological polar surface area (TPSA) is 29.5 Å². The van der Waals surface area contributed by atoms with Crippen LogP contribution in [0.4, 0.5) is 4.79 Å². The number of likely N-dealkylation sites (tertiary alicyclic amines) is 1. The quantitative estimate of drug-likeness (QED) is 0.689. The molecule has 0 spiro atoms. The Hall–Kier alpha value is -0.780. The third kappa shape index (κ3) is 2.54. The first-order valence-corrected chi connectivity index (χ1v) is 8.12. The summed E-state index contributed by atoms with van der Waals surface area (Å²) in [5, 5.41) is 0. The Kier molecular flexibility index (Phi) is 3.27. The molecule has 0 N–H and O–H groups in total. The molecule has 1 aromatic carbocycles. The van der Waals surface area contributed by atoms with Crippen LogP contribution >= 0.6 is 22.6 Å². The molecule has 2 aliphatic rings. The van der Waals surface area contributed by atoms with E-state index in [0.29, 0.717) is 5.92 Å². The van der Waals surface area contributed by atoms with Crippen molar-refractivity contribution < 1.29 is 9.53 Å². The van der Waals surface area contributed by atoms with Crippen LogP contribution in [0, 0.1) is 9.49 Å². The van der Waals surface area contributed by atoms with Crippen molar-refractivity contribution in [3.05, 3.63) is 33.4 Å². The van der Waals surface area contributed by atoms with Crippen LogP contribution in [0.2, 0.25) is 0 Å². The average Bonchev–Trinajstić information content (AvgIpc) is 2.90. The zero-order chi connectivity index (χ0) is 14.5. The Balaban J connectivity index is 1.71. The highest BCUT2D eigenvalue weighted by Gasteiger charge is 2.62. The summed E-state index contributed by atoms with van der Waals surface area (Å²) in [4.78, 5) is 14.0. The van der Waals surface area contributed by atoms with Crippen molar-refractivity contribution >= 4 is 28.7 Å². The molecule has 2 atom stereocenters. The summed E-state index contributed by atoms with van der Waals surface area (Å²) in [5.41, 5.74) is 1.15. The lowest BCUT2D eigenvalue weighted by Crippen LogP contribution is -2.37. The van der Waals surface area contributed by atoms with Crippen LogP contribution in [0.5, 0.6) is 0 Å². The number of fused-ring (bicyclic) bond motifs is 1. The van der Waals surface area contributed by atoms with Gasteiger partial charge in [0, 0.05) is 22.1 Å². The average molecular weight is 385 g/mol. The molecule has 1 heterocycles. The molecule has 1 aliphatic heterocycles. The van der Waals surface area contributed by atoms with Crippen molar-refractivity contribution in [2.45, 2.75) is 38.2 Å². The summed E-state index contributed by atoms with van der Waals surface area (Å²) in [6.45, 7) is 7.37. The van der Waals surface area contributed by atoms with Crippen molar-refractivity contribution in [2.24, 2.45) is 5.92 Å². The van der Waals surface area contributed by atoms with E-state index in [1.165, 1.54) is 15.6 Å². The number of hydrogen-bond acceptors (Lipinski definition) is 2. The monoisotopic (exact) mass is 385 g/mol. The van der Waals surface area contributed by atoms with Gasteiger partial charge in [-0.05, 0) is 73.4 Å². The number of carbonyl (C=O) groups excluding carboxylic acids is 1. The van der Waals surface area contributed by atoms with Gasteiger partial charge in [0.05, 0.1) is 0 Å². The van der Waals surface area contributed by atoms with Gasteiger partial charge in [0.1, 0.15) is 5.60 Å². The van der Waals surface area contributed by atoms with Crippen LogP contribution in [0.3, 0.4) is 0 Å². The standard InChI is InChI=1S/C16H20INO2/c1-15(2,3)20-14(19)18-9-12-8-16(12,10-18)11-4-6-13(17)7-5-11/h4-7,12H,8-10H2,1-3H3/t12-,16+/m1/s1. The number of nitrogens with zero attached hydrogens (tertiary/aromatic N) is 1. The Bertz CT molecular complexity index is 534. The van der Waals surface area contributed by atoms with E-state index in [0.717, 1.165) is 13.1 Å². The maximum atomic E-state index is 12.2. The Labute approximate surface area is 133 Å². The van der Waals surface area contributed by atoms with Crippen molar-refractivity contribution in [1.29, 1.82) is 0 Å². The molecule has 0 radical (unpaired) electrons. The van der Waals surface area contributed by atoms with Gasteiger partial charge in [-0.3, -0.25) is 0 Å². The molecule has 1 saturated carbocycles. The lowest BCUT2D eigenvalue weighted by Gasteiger charge is -2.26. The maximum absolute atomic E-state index is 12.2. The van der Waals surface area contributed by atoms with Gasteiger partial charge in [-0.1, -0.05) is 12.1 Å². The van der Waals surface area contributed by atoms with Gasteiger partial charge in [-0.15, -0.1) is 0 Å². The molecule has 3 rings (SSSR count). The minimum atomic E-state index is -0.417. The third-order valence-corrected chi connectivity index (χ3v) is 4.94. The maximum Gasteiger partial charge on any atom is 0.410 e. The Morgan fingerprint density at radius 2 is 2.00 bits per heavy atom. The molecule has 3 nitrogen and oxygen atoms in total. The number of halogens is 1. The van der Waals surface area contributed by atoms with Gasteiger partial charge in [0.2, 0.25) is 0 Å². The largest absolute Gasteiger partial charge is 0.444 e. The molecule has 1 aliphatic carbocycles. The fraction of sp³-hybridized carbons (Fsp3) is 0.562. The SMILES string of the molecule is CC(C)(C)OC(=O)N1C[C@H]2C[C@@]2(c2ccc(I)cc2)C1. The summed E-state index contributed by atoms with van der Waals surface area (Å²) in [7, 11) is 0. The van der Waals surface area contributed by atoms with Crippen LogP contribution in [0.1, 0.15) is 32.8 Å². The smallest absolute Gasteiger partial charge is 0.410 e. The zero-order valence-electron chi connectivity index (χ0n) is 12.1. The molecule has 0 unspecified atom stereocenters. The first-order valence-electron chi connectivity index (χ1n) is 7.04. The molecule has 0 bridgehead atoms. The van der Waals surface area contributed by atoms with E-state index in [4.69, 9.17) is 4.74 Å². The molecule has 108 valence electrons. The predicted molar refractivity (Wildman–Crippen MR) is 86.8 cm³/mol. The van der Waals surface area contributed by atoms with Gasteiger partial charge < -0.3 is 9.64 Å². The molecular formula is C16H20INO2. The first-order chi connectivity index (χ1) is 9.30. The number of carbonyl (C=O) groups is 1. The van der Waals surface area contributed by atoms with Crippen LogP contribution < -0.4 is 0 Å². The van der Waals surface area contributed by atoms with E-state index in [2.05, 4.69) is 46.9 Å². The van der Waals surface area contributed by atoms with E-state index in [1.54, 1.807) is 0 Å². The summed E-state index contributed by atoms with van der Waals surface area (Å²) < 4.78 is 6.73. The van der Waals surface area contributed by atoms with Gasteiger partial charge in [-0.2, -0.15) is 0 Å².